The van der Waals surface area contributed by atoms with E-state index in [4.69, 9.17) is 9.72 Å². The predicted molar refractivity (Wildman–Crippen MR) is 101 cm³/mol. The Morgan fingerprint density at radius 2 is 2.04 bits per heavy atom. The van der Waals surface area contributed by atoms with Crippen LogP contribution in [-0.2, 0) is 17.8 Å². The molecule has 0 aliphatic carbocycles. The fourth-order valence-electron chi connectivity index (χ4n) is 3.03. The van der Waals surface area contributed by atoms with Crippen LogP contribution < -0.4 is 0 Å². The van der Waals surface area contributed by atoms with Crippen LogP contribution in [-0.4, -0.2) is 58.1 Å². The lowest BCUT2D eigenvalue weighted by molar-refractivity contribution is 0.183. The minimum absolute atomic E-state index is 0.510. The van der Waals surface area contributed by atoms with Crippen molar-refractivity contribution in [1.82, 2.24) is 44.4 Å². The summed E-state index contributed by atoms with van der Waals surface area (Å²) in [5, 5.41) is 16.9. The van der Waals surface area contributed by atoms with Crippen molar-refractivity contribution in [2.24, 2.45) is 0 Å². The summed E-state index contributed by atoms with van der Waals surface area (Å²) < 4.78 is 10.5. The Bertz CT molecular complexity index is 1250. The van der Waals surface area contributed by atoms with Crippen LogP contribution in [0, 0.1) is 0 Å². The van der Waals surface area contributed by atoms with Gasteiger partial charge < -0.3 is 4.74 Å². The van der Waals surface area contributed by atoms with Crippen LogP contribution in [0.15, 0.2) is 49.2 Å². The number of hydrogen-bond donors (Lipinski definition) is 0. The SMILES string of the molecule is COCCn1cc(-c2cnc3nnn(Cc4ccc5ccnn5c4)c3n2)cn1. The van der Waals surface area contributed by atoms with Gasteiger partial charge >= 0.3 is 0 Å². The summed E-state index contributed by atoms with van der Waals surface area (Å²) in [6.45, 7) is 1.81. The van der Waals surface area contributed by atoms with Crippen molar-refractivity contribution < 1.29 is 4.74 Å². The van der Waals surface area contributed by atoms with E-state index in [1.807, 2.05) is 39.8 Å². The Balaban J connectivity index is 1.46. The molecule has 140 valence electrons. The molecule has 5 rings (SSSR count). The first-order valence-electron chi connectivity index (χ1n) is 8.80. The van der Waals surface area contributed by atoms with Crippen LogP contribution in [0.2, 0.25) is 0 Å². The highest BCUT2D eigenvalue weighted by molar-refractivity contribution is 5.69. The first kappa shape index (κ1) is 16.5. The Hall–Kier alpha value is -3.66. The van der Waals surface area contributed by atoms with Crippen molar-refractivity contribution in [3.05, 3.63) is 54.7 Å². The summed E-state index contributed by atoms with van der Waals surface area (Å²) in [4.78, 5) is 9.11. The van der Waals surface area contributed by atoms with Crippen molar-refractivity contribution >= 4 is 16.8 Å². The van der Waals surface area contributed by atoms with E-state index in [-0.39, 0.29) is 0 Å². The minimum Gasteiger partial charge on any atom is -0.383 e. The fraction of sp³-hybridized carbons (Fsp3) is 0.222. The molecule has 5 aromatic rings. The van der Waals surface area contributed by atoms with E-state index in [0.717, 1.165) is 22.3 Å². The Kier molecular flexibility index (Phi) is 4.02. The number of aromatic nitrogens is 9. The van der Waals surface area contributed by atoms with Crippen LogP contribution in [0.4, 0.5) is 0 Å². The van der Waals surface area contributed by atoms with Crippen molar-refractivity contribution in [1.29, 1.82) is 0 Å². The normalized spacial score (nSPS) is 11.6. The third-order valence-corrected chi connectivity index (χ3v) is 4.47. The molecule has 0 bridgehead atoms. The van der Waals surface area contributed by atoms with Gasteiger partial charge in [0, 0.05) is 31.3 Å². The number of nitrogens with zero attached hydrogens (tertiary/aromatic N) is 9. The van der Waals surface area contributed by atoms with Gasteiger partial charge in [-0.1, -0.05) is 11.3 Å². The van der Waals surface area contributed by atoms with Gasteiger partial charge in [0.15, 0.2) is 5.65 Å². The second-order valence-electron chi connectivity index (χ2n) is 6.37. The van der Waals surface area contributed by atoms with Crippen molar-refractivity contribution in [3.8, 4) is 11.3 Å². The largest absolute Gasteiger partial charge is 0.383 e. The van der Waals surface area contributed by atoms with Crippen molar-refractivity contribution in [3.63, 3.8) is 0 Å². The molecule has 0 atom stereocenters. The van der Waals surface area contributed by atoms with Crippen LogP contribution >= 0.6 is 0 Å². The summed E-state index contributed by atoms with van der Waals surface area (Å²) in [5.74, 6) is 0. The average Bonchev–Trinajstić information content (AvgIpc) is 3.46. The maximum atomic E-state index is 5.09. The van der Waals surface area contributed by atoms with E-state index >= 15 is 0 Å². The van der Waals surface area contributed by atoms with E-state index in [2.05, 4.69) is 25.5 Å². The Labute approximate surface area is 159 Å². The van der Waals surface area contributed by atoms with Gasteiger partial charge in [0.1, 0.15) is 0 Å². The lowest BCUT2D eigenvalue weighted by atomic mass is 10.2. The number of hydrogen-bond acceptors (Lipinski definition) is 7. The molecule has 0 fully saturated rings. The second-order valence-corrected chi connectivity index (χ2v) is 6.37. The Morgan fingerprint density at radius 3 is 2.96 bits per heavy atom. The topological polar surface area (TPSA) is 101 Å². The molecule has 0 N–H and O–H groups in total. The molecule has 10 heteroatoms. The van der Waals surface area contributed by atoms with E-state index in [1.54, 1.807) is 30.4 Å². The van der Waals surface area contributed by atoms with E-state index in [1.165, 1.54) is 0 Å². The van der Waals surface area contributed by atoms with Gasteiger partial charge in [-0.15, -0.1) is 5.10 Å². The molecule has 0 amide bonds. The van der Waals surface area contributed by atoms with Gasteiger partial charge in [-0.25, -0.2) is 19.2 Å². The molecular formula is C18H17N9O. The van der Waals surface area contributed by atoms with Crippen LogP contribution in [0.25, 0.3) is 28.1 Å². The highest BCUT2D eigenvalue weighted by atomic mass is 16.5. The van der Waals surface area contributed by atoms with Gasteiger partial charge in [0.2, 0.25) is 5.65 Å². The molecule has 0 saturated heterocycles. The molecule has 0 aliphatic heterocycles. The first-order chi connectivity index (χ1) is 13.8. The summed E-state index contributed by atoms with van der Waals surface area (Å²) in [6, 6.07) is 6.02. The molecule has 0 unspecified atom stereocenters. The monoisotopic (exact) mass is 375 g/mol. The zero-order valence-electron chi connectivity index (χ0n) is 15.2. The number of methoxy groups -OCH3 is 1. The fourth-order valence-corrected chi connectivity index (χ4v) is 3.03. The number of fused-ring (bicyclic) bond motifs is 2. The van der Waals surface area contributed by atoms with E-state index in [9.17, 15) is 0 Å². The molecule has 0 spiro atoms. The molecule has 10 nitrogen and oxygen atoms in total. The third kappa shape index (κ3) is 2.99. The molecule has 0 radical (unpaired) electrons. The van der Waals surface area contributed by atoms with Gasteiger partial charge in [-0.3, -0.25) is 4.68 Å². The molecule has 5 aromatic heterocycles. The van der Waals surface area contributed by atoms with Gasteiger partial charge in [-0.2, -0.15) is 10.2 Å². The molecule has 28 heavy (non-hydrogen) atoms. The summed E-state index contributed by atoms with van der Waals surface area (Å²) in [7, 11) is 1.67. The number of pyridine rings is 1. The quantitative estimate of drug-likeness (QED) is 0.442. The Morgan fingerprint density at radius 1 is 1.07 bits per heavy atom. The average molecular weight is 375 g/mol. The maximum absolute atomic E-state index is 5.09. The summed E-state index contributed by atoms with van der Waals surface area (Å²) in [5.41, 5.74) is 4.83. The van der Waals surface area contributed by atoms with E-state index in [0.29, 0.717) is 31.0 Å². The zero-order valence-corrected chi connectivity index (χ0v) is 15.2. The molecule has 0 saturated carbocycles. The standard InChI is InChI=1S/C18H17N9O/c1-28-7-6-25-12-14(8-21-25)16-9-19-17-18(22-16)27(24-23-17)11-13-2-3-15-4-5-20-26(15)10-13/h2-5,8-10,12H,6-7,11H2,1H3. The predicted octanol–water partition coefficient (Wildman–Crippen LogP) is 1.43. The highest BCUT2D eigenvalue weighted by Gasteiger charge is 2.12. The first-order valence-corrected chi connectivity index (χ1v) is 8.80. The van der Waals surface area contributed by atoms with Crippen LogP contribution in [0.5, 0.6) is 0 Å². The summed E-state index contributed by atoms with van der Waals surface area (Å²) in [6.07, 6.45) is 9.13. The third-order valence-electron chi connectivity index (χ3n) is 4.47. The molecule has 5 heterocycles. The van der Waals surface area contributed by atoms with Crippen LogP contribution in [0.1, 0.15) is 5.56 Å². The lowest BCUT2D eigenvalue weighted by Crippen LogP contribution is -2.05. The lowest BCUT2D eigenvalue weighted by Gasteiger charge is -2.04. The zero-order chi connectivity index (χ0) is 18.9. The minimum atomic E-state index is 0.510. The van der Waals surface area contributed by atoms with Gasteiger partial charge in [0.05, 0.1) is 43.3 Å². The van der Waals surface area contributed by atoms with E-state index < -0.39 is 0 Å². The highest BCUT2D eigenvalue weighted by Crippen LogP contribution is 2.18. The van der Waals surface area contributed by atoms with Gasteiger partial charge in [-0.05, 0) is 17.7 Å². The molecule has 0 aliphatic rings. The number of ether oxygens (including phenoxy) is 1. The number of rotatable bonds is 6. The summed E-state index contributed by atoms with van der Waals surface area (Å²) >= 11 is 0. The van der Waals surface area contributed by atoms with Crippen LogP contribution in [0.3, 0.4) is 0 Å². The maximum Gasteiger partial charge on any atom is 0.221 e. The van der Waals surface area contributed by atoms with Crippen molar-refractivity contribution in [2.75, 3.05) is 13.7 Å². The van der Waals surface area contributed by atoms with Crippen molar-refractivity contribution in [2.45, 2.75) is 13.1 Å². The van der Waals surface area contributed by atoms with Gasteiger partial charge in [0.25, 0.3) is 0 Å². The molecule has 0 aromatic carbocycles. The molecular weight excluding hydrogens is 358 g/mol. The second kappa shape index (κ2) is 6.82. The smallest absolute Gasteiger partial charge is 0.221 e.